The maximum absolute atomic E-state index is 5.57. The van der Waals surface area contributed by atoms with Crippen LogP contribution in [0.1, 0.15) is 30.5 Å². The zero-order chi connectivity index (χ0) is 13.1. The Morgan fingerprint density at radius 1 is 1.42 bits per heavy atom. The van der Waals surface area contributed by atoms with Crippen LogP contribution in [0.4, 0.5) is 0 Å². The molecule has 1 aliphatic heterocycles. The Labute approximate surface area is 112 Å². The van der Waals surface area contributed by atoms with Gasteiger partial charge in [-0.1, -0.05) is 0 Å². The number of hydrogen-bond donors (Lipinski definition) is 1. The molecule has 1 N–H and O–H groups in total. The third-order valence-corrected chi connectivity index (χ3v) is 3.57. The van der Waals surface area contributed by atoms with Gasteiger partial charge in [-0.2, -0.15) is 0 Å². The minimum atomic E-state index is -0.00176. The van der Waals surface area contributed by atoms with Gasteiger partial charge in [0.25, 0.3) is 0 Å². The highest BCUT2D eigenvalue weighted by Crippen LogP contribution is 2.23. The predicted octanol–water partition coefficient (Wildman–Crippen LogP) is 1.87. The molecule has 0 saturated carbocycles. The fourth-order valence-corrected chi connectivity index (χ4v) is 2.49. The van der Waals surface area contributed by atoms with E-state index in [1.165, 1.54) is 0 Å². The molecule has 0 bridgehead atoms. The van der Waals surface area contributed by atoms with E-state index in [4.69, 9.17) is 9.15 Å². The molecule has 0 spiro atoms. The monoisotopic (exact) mass is 261 g/mol. The average molecular weight is 261 g/mol. The van der Waals surface area contributed by atoms with Crippen molar-refractivity contribution in [1.29, 1.82) is 0 Å². The Hall–Kier alpha value is -1.59. The van der Waals surface area contributed by atoms with Gasteiger partial charge in [0.15, 0.2) is 0 Å². The molecule has 1 unspecified atom stereocenters. The lowest BCUT2D eigenvalue weighted by atomic mass is 10.1. The van der Waals surface area contributed by atoms with Crippen LogP contribution in [0.15, 0.2) is 35.2 Å². The van der Waals surface area contributed by atoms with E-state index < -0.39 is 0 Å². The van der Waals surface area contributed by atoms with Gasteiger partial charge in [0.2, 0.25) is 0 Å². The molecule has 3 heterocycles. The highest BCUT2D eigenvalue weighted by Gasteiger charge is 2.25. The minimum Gasteiger partial charge on any atom is -0.467 e. The fourth-order valence-electron chi connectivity index (χ4n) is 2.49. The van der Waals surface area contributed by atoms with Crippen molar-refractivity contribution in [3.8, 4) is 0 Å². The van der Waals surface area contributed by atoms with Crippen LogP contribution >= 0.6 is 0 Å². The first-order chi connectivity index (χ1) is 9.34. The predicted molar refractivity (Wildman–Crippen MR) is 70.7 cm³/mol. The van der Waals surface area contributed by atoms with Crippen molar-refractivity contribution in [2.75, 3.05) is 13.2 Å². The first-order valence-corrected chi connectivity index (χ1v) is 6.69. The first-order valence-electron chi connectivity index (χ1n) is 6.69. The molecular weight excluding hydrogens is 242 g/mol. The van der Waals surface area contributed by atoms with Gasteiger partial charge in [0, 0.05) is 38.7 Å². The van der Waals surface area contributed by atoms with Crippen LogP contribution in [-0.2, 0) is 11.8 Å². The summed E-state index contributed by atoms with van der Waals surface area (Å²) in [5.74, 6) is 1.88. The molecule has 2 aromatic heterocycles. The topological polar surface area (TPSA) is 52.2 Å². The molecule has 19 heavy (non-hydrogen) atoms. The van der Waals surface area contributed by atoms with Gasteiger partial charge in [-0.3, -0.25) is 5.32 Å². The molecule has 1 fully saturated rings. The molecule has 1 aliphatic rings. The summed E-state index contributed by atoms with van der Waals surface area (Å²) in [6.45, 7) is 1.65. The van der Waals surface area contributed by atoms with Crippen LogP contribution in [0.5, 0.6) is 0 Å². The third kappa shape index (κ3) is 2.72. The summed E-state index contributed by atoms with van der Waals surface area (Å²) in [6.07, 6.45) is 7.54. The van der Waals surface area contributed by atoms with E-state index in [9.17, 15) is 0 Å². The second kappa shape index (κ2) is 5.59. The van der Waals surface area contributed by atoms with Crippen molar-refractivity contribution in [3.05, 3.63) is 42.4 Å². The van der Waals surface area contributed by atoms with Crippen LogP contribution in [0.2, 0.25) is 0 Å². The molecule has 1 atom stereocenters. The van der Waals surface area contributed by atoms with Gasteiger partial charge in [-0.05, 0) is 25.0 Å². The Morgan fingerprint density at radius 3 is 2.89 bits per heavy atom. The van der Waals surface area contributed by atoms with Gasteiger partial charge in [0.05, 0.1) is 6.26 Å². The van der Waals surface area contributed by atoms with Gasteiger partial charge in [-0.15, -0.1) is 0 Å². The molecule has 2 aromatic rings. The van der Waals surface area contributed by atoms with Crippen molar-refractivity contribution in [3.63, 3.8) is 0 Å². The summed E-state index contributed by atoms with van der Waals surface area (Å²) in [7, 11) is 2.00. The molecule has 3 rings (SSSR count). The smallest absolute Gasteiger partial charge is 0.133 e. The molecule has 5 heteroatoms. The maximum Gasteiger partial charge on any atom is 0.133 e. The first kappa shape index (κ1) is 12.4. The highest BCUT2D eigenvalue weighted by atomic mass is 16.5. The molecule has 0 amide bonds. The molecule has 0 aliphatic carbocycles. The van der Waals surface area contributed by atoms with Crippen LogP contribution in [0.3, 0.4) is 0 Å². The van der Waals surface area contributed by atoms with Crippen LogP contribution in [-0.4, -0.2) is 28.8 Å². The molecular formula is C14H19N3O2. The van der Waals surface area contributed by atoms with Crippen LogP contribution < -0.4 is 5.32 Å². The van der Waals surface area contributed by atoms with Crippen molar-refractivity contribution < 1.29 is 9.15 Å². The summed E-state index contributed by atoms with van der Waals surface area (Å²) in [6, 6.07) is 4.35. The van der Waals surface area contributed by atoms with Crippen molar-refractivity contribution >= 4 is 0 Å². The molecule has 5 nitrogen and oxygen atoms in total. The van der Waals surface area contributed by atoms with Gasteiger partial charge < -0.3 is 13.7 Å². The molecule has 0 radical (unpaired) electrons. The average Bonchev–Trinajstić information content (AvgIpc) is 3.09. The zero-order valence-electron chi connectivity index (χ0n) is 11.1. The highest BCUT2D eigenvalue weighted by molar-refractivity contribution is 5.16. The summed E-state index contributed by atoms with van der Waals surface area (Å²) in [4.78, 5) is 4.45. The number of rotatable bonds is 4. The van der Waals surface area contributed by atoms with E-state index in [-0.39, 0.29) is 6.04 Å². The number of nitrogens with zero attached hydrogens (tertiary/aromatic N) is 2. The summed E-state index contributed by atoms with van der Waals surface area (Å²) in [5.41, 5.74) is 0. The van der Waals surface area contributed by atoms with Gasteiger partial charge in [-0.25, -0.2) is 4.98 Å². The van der Waals surface area contributed by atoms with E-state index in [0.717, 1.165) is 37.6 Å². The number of furan rings is 1. The molecule has 1 saturated heterocycles. The number of nitrogens with one attached hydrogen (secondary N) is 1. The van der Waals surface area contributed by atoms with E-state index in [1.54, 1.807) is 6.26 Å². The number of hydrogen-bond acceptors (Lipinski definition) is 4. The van der Waals surface area contributed by atoms with E-state index in [2.05, 4.69) is 10.3 Å². The molecule has 0 aromatic carbocycles. The van der Waals surface area contributed by atoms with Gasteiger partial charge in [0.1, 0.15) is 17.6 Å². The SMILES string of the molecule is Cn1ccnc1C(NC1CCOCC1)c1ccco1. The zero-order valence-corrected chi connectivity index (χ0v) is 11.1. The lowest BCUT2D eigenvalue weighted by Gasteiger charge is -2.27. The lowest BCUT2D eigenvalue weighted by molar-refractivity contribution is 0.0750. The van der Waals surface area contributed by atoms with Crippen LogP contribution in [0.25, 0.3) is 0 Å². The molecule has 102 valence electrons. The number of imidazole rings is 1. The van der Waals surface area contributed by atoms with E-state index in [1.807, 2.05) is 36.1 Å². The Bertz CT molecular complexity index is 501. The number of aryl methyl sites for hydroxylation is 1. The largest absolute Gasteiger partial charge is 0.467 e. The summed E-state index contributed by atoms with van der Waals surface area (Å²) in [5, 5.41) is 3.64. The Kier molecular flexibility index (Phi) is 3.66. The second-order valence-corrected chi connectivity index (χ2v) is 4.90. The maximum atomic E-state index is 5.57. The summed E-state index contributed by atoms with van der Waals surface area (Å²) >= 11 is 0. The van der Waals surface area contributed by atoms with Crippen molar-refractivity contribution in [2.24, 2.45) is 7.05 Å². The summed E-state index contributed by atoms with van der Waals surface area (Å²) < 4.78 is 13.0. The van der Waals surface area contributed by atoms with Crippen LogP contribution in [0, 0.1) is 0 Å². The third-order valence-electron chi connectivity index (χ3n) is 3.57. The normalized spacial score (nSPS) is 18.6. The minimum absolute atomic E-state index is 0.00176. The fraction of sp³-hybridized carbons (Fsp3) is 0.500. The van der Waals surface area contributed by atoms with E-state index in [0.29, 0.717) is 6.04 Å². The lowest BCUT2D eigenvalue weighted by Crippen LogP contribution is -2.38. The van der Waals surface area contributed by atoms with Gasteiger partial charge >= 0.3 is 0 Å². The van der Waals surface area contributed by atoms with Crippen molar-refractivity contribution in [2.45, 2.75) is 24.9 Å². The Morgan fingerprint density at radius 2 is 2.26 bits per heavy atom. The van der Waals surface area contributed by atoms with E-state index >= 15 is 0 Å². The second-order valence-electron chi connectivity index (χ2n) is 4.90. The number of ether oxygens (including phenoxy) is 1. The van der Waals surface area contributed by atoms with Crippen molar-refractivity contribution in [1.82, 2.24) is 14.9 Å². The quantitative estimate of drug-likeness (QED) is 0.913. The standard InChI is InChI=1S/C14H19N3O2/c1-17-7-6-15-14(17)13(12-3-2-8-19-12)16-11-4-9-18-10-5-11/h2-3,6-8,11,13,16H,4-5,9-10H2,1H3. The number of aromatic nitrogens is 2. The Balaban J connectivity index is 1.82.